The van der Waals surface area contributed by atoms with Gasteiger partial charge in [0, 0.05) is 23.2 Å². The summed E-state index contributed by atoms with van der Waals surface area (Å²) >= 11 is 0. The molecule has 1 aliphatic carbocycles. The minimum Gasteiger partial charge on any atom is -0.496 e. The molecule has 0 aliphatic heterocycles. The molecule has 0 spiro atoms. The van der Waals surface area contributed by atoms with Gasteiger partial charge in [-0.15, -0.1) is 0 Å². The van der Waals surface area contributed by atoms with Crippen molar-refractivity contribution in [3.8, 4) is 5.75 Å². The van der Waals surface area contributed by atoms with E-state index < -0.39 is 5.41 Å². The van der Waals surface area contributed by atoms with E-state index in [2.05, 4.69) is 5.32 Å². The van der Waals surface area contributed by atoms with Crippen molar-refractivity contribution in [1.29, 1.82) is 0 Å². The van der Waals surface area contributed by atoms with E-state index in [4.69, 9.17) is 4.74 Å². The van der Waals surface area contributed by atoms with Crippen LogP contribution in [-0.4, -0.2) is 31.1 Å². The predicted molar refractivity (Wildman–Crippen MR) is 107 cm³/mol. The van der Waals surface area contributed by atoms with Gasteiger partial charge in [0.25, 0.3) is 5.91 Å². The van der Waals surface area contributed by atoms with Gasteiger partial charge in [-0.25, -0.2) is 0 Å². The van der Waals surface area contributed by atoms with E-state index in [1.807, 2.05) is 13.8 Å². The summed E-state index contributed by atoms with van der Waals surface area (Å²) in [6, 6.07) is 13.9. The smallest absolute Gasteiger partial charge is 0.255 e. The number of carbonyl (C=O) groups excluding carboxylic acids is 3. The van der Waals surface area contributed by atoms with Crippen LogP contribution in [0, 0.1) is 5.41 Å². The standard InChI is InChI=1S/C23H23NO4/c1-23(2,14-24-22(27)18-10-6-7-11-20(18)28-3)13-15-12-19(25)16-8-4-5-9-17(16)21(15)26/h4-12H,13-14H2,1-3H3,(H,24,27). The zero-order valence-electron chi connectivity index (χ0n) is 16.2. The highest BCUT2D eigenvalue weighted by Gasteiger charge is 2.30. The second kappa shape index (κ2) is 7.80. The Kier molecular flexibility index (Phi) is 5.45. The lowest BCUT2D eigenvalue weighted by Crippen LogP contribution is -2.35. The third-order valence-corrected chi connectivity index (χ3v) is 4.78. The van der Waals surface area contributed by atoms with Crippen LogP contribution in [0.3, 0.4) is 0 Å². The summed E-state index contributed by atoms with van der Waals surface area (Å²) in [6.45, 7) is 4.26. The lowest BCUT2D eigenvalue weighted by atomic mass is 9.79. The molecule has 0 bridgehead atoms. The van der Waals surface area contributed by atoms with Gasteiger partial charge in [0.15, 0.2) is 11.6 Å². The highest BCUT2D eigenvalue weighted by Crippen LogP contribution is 2.30. The number of methoxy groups -OCH3 is 1. The van der Waals surface area contributed by atoms with Crippen molar-refractivity contribution in [2.75, 3.05) is 13.7 Å². The Morgan fingerprint density at radius 2 is 1.64 bits per heavy atom. The van der Waals surface area contributed by atoms with Crippen molar-refractivity contribution < 1.29 is 19.1 Å². The summed E-state index contributed by atoms with van der Waals surface area (Å²) in [5, 5.41) is 2.91. The van der Waals surface area contributed by atoms with Gasteiger partial charge < -0.3 is 10.1 Å². The molecular weight excluding hydrogens is 354 g/mol. The number of ether oxygens (including phenoxy) is 1. The molecule has 0 fully saturated rings. The molecule has 1 amide bonds. The third-order valence-electron chi connectivity index (χ3n) is 4.78. The maximum atomic E-state index is 12.8. The van der Waals surface area contributed by atoms with Crippen LogP contribution in [0.15, 0.2) is 60.2 Å². The molecule has 5 heteroatoms. The van der Waals surface area contributed by atoms with E-state index in [0.29, 0.717) is 41.0 Å². The van der Waals surface area contributed by atoms with Crippen molar-refractivity contribution in [1.82, 2.24) is 5.32 Å². The Hall–Kier alpha value is -3.21. The second-order valence-electron chi connectivity index (χ2n) is 7.63. The topological polar surface area (TPSA) is 72.5 Å². The van der Waals surface area contributed by atoms with E-state index in [1.54, 1.807) is 48.5 Å². The van der Waals surface area contributed by atoms with Gasteiger partial charge in [-0.2, -0.15) is 0 Å². The number of rotatable bonds is 6. The molecule has 0 heterocycles. The molecule has 0 atom stereocenters. The Morgan fingerprint density at radius 1 is 1.00 bits per heavy atom. The first-order valence-corrected chi connectivity index (χ1v) is 9.12. The molecular formula is C23H23NO4. The lowest BCUT2D eigenvalue weighted by Gasteiger charge is -2.27. The molecule has 5 nitrogen and oxygen atoms in total. The number of amides is 1. The molecule has 1 N–H and O–H groups in total. The number of ketones is 2. The van der Waals surface area contributed by atoms with Crippen molar-refractivity contribution in [2.45, 2.75) is 20.3 Å². The first-order valence-electron chi connectivity index (χ1n) is 9.12. The number of hydrogen-bond donors (Lipinski definition) is 1. The van der Waals surface area contributed by atoms with Crippen LogP contribution in [0.25, 0.3) is 0 Å². The average Bonchev–Trinajstić information content (AvgIpc) is 2.70. The number of fused-ring (bicyclic) bond motifs is 1. The van der Waals surface area contributed by atoms with E-state index in [9.17, 15) is 14.4 Å². The molecule has 0 radical (unpaired) electrons. The van der Waals surface area contributed by atoms with Crippen LogP contribution in [-0.2, 0) is 0 Å². The molecule has 144 valence electrons. The number of carbonyl (C=O) groups is 3. The van der Waals surface area contributed by atoms with Crippen LogP contribution in [0.5, 0.6) is 5.75 Å². The fourth-order valence-electron chi connectivity index (χ4n) is 3.33. The van der Waals surface area contributed by atoms with Crippen LogP contribution in [0.4, 0.5) is 0 Å². The Balaban J connectivity index is 1.70. The SMILES string of the molecule is COc1ccccc1C(=O)NCC(C)(C)CC1=CC(=O)c2ccccc2C1=O. The molecule has 0 saturated carbocycles. The highest BCUT2D eigenvalue weighted by molar-refractivity contribution is 6.24. The van der Waals surface area contributed by atoms with Crippen molar-refractivity contribution in [2.24, 2.45) is 5.41 Å². The van der Waals surface area contributed by atoms with Gasteiger partial charge >= 0.3 is 0 Å². The van der Waals surface area contributed by atoms with Gasteiger partial charge in [-0.1, -0.05) is 50.2 Å². The second-order valence-corrected chi connectivity index (χ2v) is 7.63. The molecule has 0 saturated heterocycles. The van der Waals surface area contributed by atoms with Gasteiger partial charge in [0.1, 0.15) is 5.75 Å². The first kappa shape index (κ1) is 19.5. The zero-order chi connectivity index (χ0) is 20.3. The van der Waals surface area contributed by atoms with Crippen LogP contribution >= 0.6 is 0 Å². The maximum absolute atomic E-state index is 12.8. The summed E-state index contributed by atoms with van der Waals surface area (Å²) < 4.78 is 5.23. The Labute approximate surface area is 164 Å². The number of Topliss-reactive ketones (excluding diaryl/α,β-unsaturated/α-hetero) is 1. The van der Waals surface area contributed by atoms with E-state index in [0.717, 1.165) is 0 Å². The maximum Gasteiger partial charge on any atom is 0.255 e. The number of para-hydroxylation sites is 1. The van der Waals surface area contributed by atoms with Crippen LogP contribution in [0.1, 0.15) is 51.3 Å². The molecule has 0 aromatic heterocycles. The van der Waals surface area contributed by atoms with Gasteiger partial charge in [-0.05, 0) is 30.0 Å². The quantitative estimate of drug-likeness (QED) is 0.830. The minimum atomic E-state index is -0.411. The fourth-order valence-corrected chi connectivity index (χ4v) is 3.33. The summed E-state index contributed by atoms with van der Waals surface area (Å²) in [4.78, 5) is 37.6. The number of hydrogen-bond acceptors (Lipinski definition) is 4. The number of benzene rings is 2. The van der Waals surface area contributed by atoms with Crippen LogP contribution < -0.4 is 10.1 Å². The van der Waals surface area contributed by atoms with Gasteiger partial charge in [0.2, 0.25) is 0 Å². The molecule has 3 rings (SSSR count). The van der Waals surface area contributed by atoms with Crippen molar-refractivity contribution in [3.63, 3.8) is 0 Å². The van der Waals surface area contributed by atoms with Crippen molar-refractivity contribution in [3.05, 3.63) is 76.9 Å². The molecule has 2 aromatic carbocycles. The van der Waals surface area contributed by atoms with E-state index >= 15 is 0 Å². The summed E-state index contributed by atoms with van der Waals surface area (Å²) in [5.74, 6) is -0.0144. The number of allylic oxidation sites excluding steroid dienone is 2. The van der Waals surface area contributed by atoms with E-state index in [1.165, 1.54) is 13.2 Å². The average molecular weight is 377 g/mol. The van der Waals surface area contributed by atoms with Gasteiger partial charge in [-0.3, -0.25) is 14.4 Å². The molecule has 0 unspecified atom stereocenters. The lowest BCUT2D eigenvalue weighted by molar-refractivity contribution is 0.0929. The molecule has 28 heavy (non-hydrogen) atoms. The van der Waals surface area contributed by atoms with Crippen LogP contribution in [0.2, 0.25) is 0 Å². The third kappa shape index (κ3) is 4.03. The predicted octanol–water partition coefficient (Wildman–Crippen LogP) is 3.85. The Bertz CT molecular complexity index is 972. The van der Waals surface area contributed by atoms with Crippen molar-refractivity contribution >= 4 is 17.5 Å². The first-order chi connectivity index (χ1) is 13.3. The fraction of sp³-hybridized carbons (Fsp3) is 0.261. The summed E-state index contributed by atoms with van der Waals surface area (Å²) in [7, 11) is 1.52. The minimum absolute atomic E-state index is 0.126. The molecule has 2 aromatic rings. The highest BCUT2D eigenvalue weighted by atomic mass is 16.5. The summed E-state index contributed by atoms with van der Waals surface area (Å²) in [5.41, 5.74) is 1.40. The molecule has 1 aliphatic rings. The zero-order valence-corrected chi connectivity index (χ0v) is 16.2. The Morgan fingerprint density at radius 3 is 2.36 bits per heavy atom. The number of nitrogens with one attached hydrogen (secondary N) is 1. The summed E-state index contributed by atoms with van der Waals surface area (Å²) in [6.07, 6.45) is 1.81. The normalized spacial score (nSPS) is 13.6. The largest absolute Gasteiger partial charge is 0.496 e. The van der Waals surface area contributed by atoms with Gasteiger partial charge in [0.05, 0.1) is 12.7 Å². The monoisotopic (exact) mass is 377 g/mol. The van der Waals surface area contributed by atoms with E-state index in [-0.39, 0.29) is 17.5 Å².